The summed E-state index contributed by atoms with van der Waals surface area (Å²) in [4.78, 5) is 44.8. The second-order valence-corrected chi connectivity index (χ2v) is 12.6. The number of carboxylic acid groups (broad SMARTS) is 2. The van der Waals surface area contributed by atoms with E-state index in [0.717, 1.165) is 36.8 Å². The average Bonchev–Trinajstić information content (AvgIpc) is 3.36. The average molecular weight is 803 g/mol. The Morgan fingerprint density at radius 1 is 0.870 bits per heavy atom. The number of phenols is 1. The van der Waals surface area contributed by atoms with Crippen LogP contribution >= 0.6 is 11.6 Å². The molecule has 1 aliphatic heterocycles. The van der Waals surface area contributed by atoms with Gasteiger partial charge in [-0.15, -0.1) is 0 Å². The summed E-state index contributed by atoms with van der Waals surface area (Å²) in [6, 6.07) is 8.19. The van der Waals surface area contributed by atoms with Crippen LogP contribution in [0.1, 0.15) is 56.1 Å². The van der Waals surface area contributed by atoms with Gasteiger partial charge >= 0.3 is 24.3 Å². The van der Waals surface area contributed by atoms with Gasteiger partial charge < -0.3 is 40.9 Å². The van der Waals surface area contributed by atoms with Crippen LogP contribution in [0.15, 0.2) is 30.3 Å². The molecule has 0 saturated heterocycles. The number of amides is 2. The van der Waals surface area contributed by atoms with E-state index in [1.807, 2.05) is 6.07 Å². The van der Waals surface area contributed by atoms with Crippen molar-refractivity contribution in [3.05, 3.63) is 52.3 Å². The summed E-state index contributed by atoms with van der Waals surface area (Å²) in [5, 5.41) is 34.1. The molecule has 2 aromatic rings. The van der Waals surface area contributed by atoms with E-state index < -0.39 is 24.3 Å². The van der Waals surface area contributed by atoms with E-state index in [-0.39, 0.29) is 36.0 Å². The molecule has 2 amide bonds. The Kier molecular flexibility index (Phi) is 18.8. The molecule has 0 aromatic heterocycles. The fraction of sp³-hybridized carbons (Fsp3) is 0.529. The van der Waals surface area contributed by atoms with Crippen LogP contribution in [-0.2, 0) is 32.0 Å². The third-order valence-electron chi connectivity index (χ3n) is 8.03. The first kappa shape index (κ1) is 45.8. The van der Waals surface area contributed by atoms with Crippen molar-refractivity contribution in [3.8, 4) is 11.5 Å². The molecule has 0 bridgehead atoms. The molecule has 6 N–H and O–H groups in total. The first-order valence-electron chi connectivity index (χ1n) is 16.8. The molecular weight excluding hydrogens is 761 g/mol. The first-order valence-corrected chi connectivity index (χ1v) is 17.2. The lowest BCUT2D eigenvalue weighted by Crippen LogP contribution is -2.45. The van der Waals surface area contributed by atoms with Gasteiger partial charge in [0.2, 0.25) is 5.91 Å². The molecule has 1 fully saturated rings. The smallest absolute Gasteiger partial charge is 0.490 e. The number of hydrogen-bond donors (Lipinski definition) is 6. The van der Waals surface area contributed by atoms with E-state index in [1.165, 1.54) is 25.0 Å². The van der Waals surface area contributed by atoms with Crippen molar-refractivity contribution in [3.63, 3.8) is 0 Å². The van der Waals surface area contributed by atoms with Crippen molar-refractivity contribution >= 4 is 41.0 Å². The topological polar surface area (TPSA) is 178 Å². The predicted octanol–water partition coefficient (Wildman–Crippen LogP) is 5.69. The van der Waals surface area contributed by atoms with Crippen molar-refractivity contribution < 1.29 is 70.0 Å². The number of phenolic OH excluding ortho intramolecular Hbond substituents is 1. The number of benzene rings is 2. The highest BCUT2D eigenvalue weighted by Crippen LogP contribution is 2.39. The second kappa shape index (κ2) is 22.1. The Labute approximate surface area is 311 Å². The number of carboxylic acids is 2. The highest BCUT2D eigenvalue weighted by atomic mass is 35.5. The summed E-state index contributed by atoms with van der Waals surface area (Å²) >= 11 is 5.94. The molecule has 0 spiro atoms. The molecular formula is C34H42ClF7N4O8. The van der Waals surface area contributed by atoms with Crippen LogP contribution in [0.2, 0.25) is 5.02 Å². The van der Waals surface area contributed by atoms with Crippen LogP contribution in [0.4, 0.5) is 36.4 Å². The number of carbonyl (C=O) groups excluding carboxylic acids is 2. The van der Waals surface area contributed by atoms with Crippen molar-refractivity contribution in [1.29, 1.82) is 0 Å². The Balaban J connectivity index is 0.000000610. The van der Waals surface area contributed by atoms with E-state index in [0.29, 0.717) is 68.4 Å². The molecule has 4 rings (SSSR count). The maximum atomic E-state index is 13.5. The normalized spacial score (nSPS) is 14.5. The van der Waals surface area contributed by atoms with E-state index in [2.05, 4.69) is 20.9 Å². The minimum atomic E-state index is -5.08. The number of halogens is 8. The van der Waals surface area contributed by atoms with Crippen LogP contribution in [0.5, 0.6) is 11.5 Å². The number of aromatic hydroxyl groups is 1. The van der Waals surface area contributed by atoms with E-state index in [4.69, 9.17) is 36.1 Å². The zero-order chi connectivity index (χ0) is 40.5. The second-order valence-electron chi connectivity index (χ2n) is 12.2. The van der Waals surface area contributed by atoms with Gasteiger partial charge in [-0.1, -0.05) is 43.4 Å². The number of nitrogens with one attached hydrogen (secondary N) is 3. The molecule has 0 radical (unpaired) electrons. The summed E-state index contributed by atoms with van der Waals surface area (Å²) in [5.74, 6) is -5.47. The van der Waals surface area contributed by atoms with Crippen LogP contribution in [0, 0.1) is 5.82 Å². The summed E-state index contributed by atoms with van der Waals surface area (Å²) in [6.07, 6.45) is -1.60. The molecule has 12 nitrogen and oxygen atoms in total. The summed E-state index contributed by atoms with van der Waals surface area (Å²) in [5.41, 5.74) is 2.06. The molecule has 302 valence electrons. The van der Waals surface area contributed by atoms with Gasteiger partial charge in [-0.2, -0.15) is 26.3 Å². The molecule has 20 heteroatoms. The quantitative estimate of drug-likeness (QED) is 0.0639. The number of rotatable bonds is 13. The molecule has 2 aromatic carbocycles. The monoisotopic (exact) mass is 802 g/mol. The van der Waals surface area contributed by atoms with Crippen molar-refractivity contribution in [2.24, 2.45) is 0 Å². The molecule has 2 aliphatic rings. The van der Waals surface area contributed by atoms with Crippen molar-refractivity contribution in [2.45, 2.75) is 76.2 Å². The fourth-order valence-electron chi connectivity index (χ4n) is 5.49. The Morgan fingerprint density at radius 2 is 1.44 bits per heavy atom. The number of fused-ring (bicyclic) bond motifs is 1. The minimum Gasteiger partial charge on any atom is -0.506 e. The molecule has 54 heavy (non-hydrogen) atoms. The van der Waals surface area contributed by atoms with Crippen LogP contribution in [0.3, 0.4) is 0 Å². The molecule has 1 aliphatic carbocycles. The van der Waals surface area contributed by atoms with Gasteiger partial charge in [0.25, 0.3) is 5.91 Å². The molecule has 1 heterocycles. The molecule has 1 saturated carbocycles. The van der Waals surface area contributed by atoms with E-state index >= 15 is 0 Å². The van der Waals surface area contributed by atoms with Gasteiger partial charge in [-0.3, -0.25) is 9.59 Å². The first-order chi connectivity index (χ1) is 25.3. The minimum absolute atomic E-state index is 0.00911. The predicted molar refractivity (Wildman–Crippen MR) is 182 cm³/mol. The number of carbonyl (C=O) groups is 4. The maximum Gasteiger partial charge on any atom is 0.490 e. The zero-order valence-electron chi connectivity index (χ0n) is 28.9. The van der Waals surface area contributed by atoms with E-state index in [1.54, 1.807) is 12.1 Å². The van der Waals surface area contributed by atoms with Crippen molar-refractivity contribution in [1.82, 2.24) is 15.5 Å². The zero-order valence-corrected chi connectivity index (χ0v) is 29.7. The van der Waals surface area contributed by atoms with Gasteiger partial charge in [0, 0.05) is 37.1 Å². The Morgan fingerprint density at radius 3 is 2.02 bits per heavy atom. The number of nitrogens with zero attached hydrogens (tertiary/aromatic N) is 1. The van der Waals surface area contributed by atoms with Gasteiger partial charge in [0.15, 0.2) is 12.4 Å². The van der Waals surface area contributed by atoms with Crippen LogP contribution in [-0.4, -0.2) is 102 Å². The van der Waals surface area contributed by atoms with Crippen LogP contribution < -0.4 is 20.7 Å². The van der Waals surface area contributed by atoms with Crippen LogP contribution in [0.25, 0.3) is 0 Å². The number of ether oxygens (including phenoxy) is 1. The molecule has 0 unspecified atom stereocenters. The van der Waals surface area contributed by atoms with Crippen molar-refractivity contribution in [2.75, 3.05) is 44.6 Å². The van der Waals surface area contributed by atoms with E-state index in [9.17, 15) is 45.4 Å². The van der Waals surface area contributed by atoms with Gasteiger partial charge in [-0.25, -0.2) is 14.0 Å². The SMILES string of the molecule is O=C(O)C(F)(F)F.O=C(O)C(F)(F)F.O=C1COc2c(CCNCCN(C(=O)CCNCCc3cc(F)cc(Cl)c3)C3CCCCCC3)ccc(O)c2N1. The number of aliphatic carboxylic acids is 2. The number of hydrogen-bond acceptors (Lipinski definition) is 8. The standard InChI is InChI=1S/C30H40ClFN4O4.2C2HF3O2/c31-23-17-21(18-24(32)19-23)9-12-33-14-11-28(39)36(25-5-3-1-2-4-6-25)16-15-34-13-10-22-7-8-26(37)29-30(22)40-20-27(38)35-29;2*3-2(4,5)1(6)7/h7-8,17-19,25,33-34,37H,1-6,9-16,20H2,(H,35,38);2*(H,6,7). The lowest BCUT2D eigenvalue weighted by atomic mass is 10.1. The third-order valence-corrected chi connectivity index (χ3v) is 8.25. The summed E-state index contributed by atoms with van der Waals surface area (Å²) < 4.78 is 82.6. The fourth-order valence-corrected chi connectivity index (χ4v) is 5.74. The highest BCUT2D eigenvalue weighted by Gasteiger charge is 2.39. The Bertz CT molecular complexity index is 1510. The maximum absolute atomic E-state index is 13.5. The van der Waals surface area contributed by atoms with Gasteiger partial charge in [0.05, 0.1) is 0 Å². The van der Waals surface area contributed by atoms with Gasteiger partial charge in [-0.05, 0) is 74.2 Å². The largest absolute Gasteiger partial charge is 0.506 e. The summed E-state index contributed by atoms with van der Waals surface area (Å²) in [7, 11) is 0. The van der Waals surface area contributed by atoms with Gasteiger partial charge in [0.1, 0.15) is 17.3 Å². The number of anilines is 1. The molecule has 0 atom stereocenters. The Hall–Kier alpha value is -4.36. The lowest BCUT2D eigenvalue weighted by Gasteiger charge is -2.32. The summed E-state index contributed by atoms with van der Waals surface area (Å²) in [6.45, 7) is 3.14. The number of alkyl halides is 6. The third kappa shape index (κ3) is 16.8. The highest BCUT2D eigenvalue weighted by molar-refractivity contribution is 6.30. The lowest BCUT2D eigenvalue weighted by molar-refractivity contribution is -0.193.